The van der Waals surface area contributed by atoms with Gasteiger partial charge in [0.15, 0.2) is 12.1 Å². The second-order valence-electron chi connectivity index (χ2n) is 7.53. The third-order valence-electron chi connectivity index (χ3n) is 5.72. The SMILES string of the molecule is COC(=O)C1(Cc2ccc(OC)cc2OC)C=CC2=C(c3ccc(Cl)cc3OCC2=O)N1O. The number of ether oxygens (including phenoxy) is 4. The summed E-state index contributed by atoms with van der Waals surface area (Å²) in [6, 6.07) is 9.94. The summed E-state index contributed by atoms with van der Waals surface area (Å²) in [5.74, 6) is 0.277. The quantitative estimate of drug-likeness (QED) is 0.663. The molecule has 2 aromatic rings. The van der Waals surface area contributed by atoms with Crippen LogP contribution in [0.3, 0.4) is 0 Å². The maximum Gasteiger partial charge on any atom is 0.338 e. The van der Waals surface area contributed by atoms with E-state index in [1.807, 2.05) is 0 Å². The molecule has 0 saturated carbocycles. The van der Waals surface area contributed by atoms with Gasteiger partial charge in [-0.15, -0.1) is 0 Å². The number of hydrogen-bond acceptors (Lipinski definition) is 8. The van der Waals surface area contributed by atoms with Crippen molar-refractivity contribution in [2.45, 2.75) is 12.0 Å². The molecule has 0 saturated heterocycles. The lowest BCUT2D eigenvalue weighted by Crippen LogP contribution is -2.54. The van der Waals surface area contributed by atoms with Crippen LogP contribution in [-0.2, 0) is 20.7 Å². The van der Waals surface area contributed by atoms with Crippen molar-refractivity contribution < 1.29 is 33.7 Å². The molecule has 0 aliphatic carbocycles. The Morgan fingerprint density at radius 1 is 1.18 bits per heavy atom. The van der Waals surface area contributed by atoms with Gasteiger partial charge >= 0.3 is 5.97 Å². The molecule has 1 atom stereocenters. The summed E-state index contributed by atoms with van der Waals surface area (Å²) in [5.41, 5.74) is -0.313. The lowest BCUT2D eigenvalue weighted by molar-refractivity contribution is -0.170. The summed E-state index contributed by atoms with van der Waals surface area (Å²) < 4.78 is 21.4. The van der Waals surface area contributed by atoms with Gasteiger partial charge in [0.1, 0.15) is 17.2 Å². The Morgan fingerprint density at radius 3 is 2.67 bits per heavy atom. The summed E-state index contributed by atoms with van der Waals surface area (Å²) >= 11 is 6.10. The van der Waals surface area contributed by atoms with Crippen LogP contribution in [0.25, 0.3) is 5.70 Å². The molecule has 33 heavy (non-hydrogen) atoms. The van der Waals surface area contributed by atoms with Crippen LogP contribution >= 0.6 is 11.6 Å². The number of esters is 1. The van der Waals surface area contributed by atoms with Crippen molar-refractivity contribution in [1.82, 2.24) is 5.06 Å². The van der Waals surface area contributed by atoms with E-state index in [4.69, 9.17) is 30.5 Å². The number of allylic oxidation sites excluding steroid dienone is 1. The fraction of sp³-hybridized carbons (Fsp3) is 0.250. The monoisotopic (exact) mass is 471 g/mol. The highest BCUT2D eigenvalue weighted by Crippen LogP contribution is 2.43. The van der Waals surface area contributed by atoms with Crippen LogP contribution in [-0.4, -0.2) is 55.5 Å². The zero-order valence-electron chi connectivity index (χ0n) is 18.3. The van der Waals surface area contributed by atoms with E-state index in [2.05, 4.69) is 0 Å². The van der Waals surface area contributed by atoms with E-state index in [-0.39, 0.29) is 30.1 Å². The van der Waals surface area contributed by atoms with Crippen molar-refractivity contribution in [3.63, 3.8) is 0 Å². The number of hydrogen-bond donors (Lipinski definition) is 1. The molecule has 2 aliphatic heterocycles. The fourth-order valence-corrected chi connectivity index (χ4v) is 4.19. The number of Topliss-reactive ketones (excluding diaryl/α,β-unsaturated/α-hetero) is 1. The van der Waals surface area contributed by atoms with E-state index in [0.717, 1.165) is 5.06 Å². The first-order valence-electron chi connectivity index (χ1n) is 10.0. The number of rotatable bonds is 5. The van der Waals surface area contributed by atoms with Gasteiger partial charge in [-0.1, -0.05) is 23.7 Å². The summed E-state index contributed by atoms with van der Waals surface area (Å²) in [6.45, 7) is -0.234. The molecule has 172 valence electrons. The van der Waals surface area contributed by atoms with Gasteiger partial charge in [-0.2, -0.15) is 0 Å². The predicted octanol–water partition coefficient (Wildman–Crippen LogP) is 3.45. The highest BCUT2D eigenvalue weighted by atomic mass is 35.5. The van der Waals surface area contributed by atoms with Gasteiger partial charge in [-0.05, 0) is 35.9 Å². The van der Waals surface area contributed by atoms with Gasteiger partial charge in [0.2, 0.25) is 5.78 Å². The minimum Gasteiger partial charge on any atom is -0.497 e. The van der Waals surface area contributed by atoms with E-state index in [1.165, 1.54) is 33.5 Å². The number of ketones is 1. The molecule has 2 aliphatic rings. The lowest BCUT2D eigenvalue weighted by Gasteiger charge is -2.40. The van der Waals surface area contributed by atoms with Crippen LogP contribution in [0, 0.1) is 0 Å². The van der Waals surface area contributed by atoms with Crippen LogP contribution in [0.1, 0.15) is 11.1 Å². The molecule has 4 rings (SSSR count). The third-order valence-corrected chi connectivity index (χ3v) is 5.96. The lowest BCUT2D eigenvalue weighted by atomic mass is 9.84. The molecule has 0 amide bonds. The van der Waals surface area contributed by atoms with E-state index >= 15 is 0 Å². The zero-order valence-corrected chi connectivity index (χ0v) is 19.0. The first-order chi connectivity index (χ1) is 15.8. The minimum atomic E-state index is -1.68. The van der Waals surface area contributed by atoms with Crippen LogP contribution < -0.4 is 14.2 Å². The van der Waals surface area contributed by atoms with Crippen LogP contribution in [0.4, 0.5) is 0 Å². The second kappa shape index (κ2) is 8.80. The Kier molecular flexibility index (Phi) is 6.05. The first kappa shape index (κ1) is 22.7. The molecule has 2 heterocycles. The summed E-state index contributed by atoms with van der Waals surface area (Å²) in [7, 11) is 4.26. The third kappa shape index (κ3) is 3.81. The highest BCUT2D eigenvalue weighted by molar-refractivity contribution is 6.30. The van der Waals surface area contributed by atoms with Crippen molar-refractivity contribution in [3.8, 4) is 17.2 Å². The molecule has 9 heteroatoms. The van der Waals surface area contributed by atoms with Crippen LogP contribution in [0.2, 0.25) is 5.02 Å². The summed E-state index contributed by atoms with van der Waals surface area (Å²) in [4.78, 5) is 25.9. The molecule has 0 aromatic heterocycles. The standard InChI is InChI=1S/C24H22ClNO7/c1-30-16-6-4-14(20(11-16)31-2)12-24(23(28)32-3)9-8-17-19(27)13-33-21-10-15(25)5-7-18(21)22(17)26(24)29/h4-11,29H,12-13H2,1-3H3. The number of benzene rings is 2. The minimum absolute atomic E-state index is 0.0193. The highest BCUT2D eigenvalue weighted by Gasteiger charge is 2.49. The van der Waals surface area contributed by atoms with Crippen molar-refractivity contribution in [3.05, 3.63) is 70.3 Å². The molecular weight excluding hydrogens is 450 g/mol. The van der Waals surface area contributed by atoms with Gasteiger partial charge < -0.3 is 18.9 Å². The van der Waals surface area contributed by atoms with Crippen molar-refractivity contribution in [2.75, 3.05) is 27.9 Å². The smallest absolute Gasteiger partial charge is 0.338 e. The van der Waals surface area contributed by atoms with Gasteiger partial charge in [-0.3, -0.25) is 10.0 Å². The number of fused-ring (bicyclic) bond motifs is 2. The Bertz CT molecular complexity index is 1190. The Labute approximate surface area is 195 Å². The normalized spacial score (nSPS) is 19.3. The van der Waals surface area contributed by atoms with E-state index in [9.17, 15) is 14.8 Å². The first-order valence-corrected chi connectivity index (χ1v) is 10.4. The number of halogens is 1. The Balaban J connectivity index is 1.87. The zero-order chi connectivity index (χ0) is 23.8. The number of methoxy groups -OCH3 is 3. The summed E-state index contributed by atoms with van der Waals surface area (Å²) in [5, 5.41) is 12.7. The molecule has 2 aromatic carbocycles. The fourth-order valence-electron chi connectivity index (χ4n) is 4.03. The second-order valence-corrected chi connectivity index (χ2v) is 7.97. The van der Waals surface area contributed by atoms with Crippen molar-refractivity contribution in [2.24, 2.45) is 0 Å². The molecule has 0 fully saturated rings. The molecule has 0 bridgehead atoms. The molecule has 1 unspecified atom stereocenters. The number of nitrogens with zero attached hydrogens (tertiary/aromatic N) is 1. The van der Waals surface area contributed by atoms with Gasteiger partial charge in [0.05, 0.1) is 27.0 Å². The maximum absolute atomic E-state index is 13.1. The average molecular weight is 472 g/mol. The largest absolute Gasteiger partial charge is 0.497 e. The number of carbonyl (C=O) groups excluding carboxylic acids is 2. The van der Waals surface area contributed by atoms with E-state index < -0.39 is 11.5 Å². The topological polar surface area (TPSA) is 94.5 Å². The average Bonchev–Trinajstić information content (AvgIpc) is 2.97. The van der Waals surface area contributed by atoms with Crippen LogP contribution in [0.5, 0.6) is 17.2 Å². The van der Waals surface area contributed by atoms with E-state index in [0.29, 0.717) is 33.4 Å². The van der Waals surface area contributed by atoms with E-state index in [1.54, 1.807) is 36.4 Å². The van der Waals surface area contributed by atoms with Gasteiger partial charge in [-0.25, -0.2) is 9.86 Å². The molecule has 0 spiro atoms. The Morgan fingerprint density at radius 2 is 1.97 bits per heavy atom. The number of carbonyl (C=O) groups is 2. The molecule has 0 radical (unpaired) electrons. The van der Waals surface area contributed by atoms with Crippen molar-refractivity contribution in [1.29, 1.82) is 0 Å². The van der Waals surface area contributed by atoms with Gasteiger partial charge in [0.25, 0.3) is 0 Å². The maximum atomic E-state index is 13.1. The van der Waals surface area contributed by atoms with Gasteiger partial charge in [0, 0.05) is 28.6 Å². The summed E-state index contributed by atoms with van der Waals surface area (Å²) in [6.07, 6.45) is 2.96. The molecular formula is C24H22ClNO7. The predicted molar refractivity (Wildman–Crippen MR) is 120 cm³/mol. The van der Waals surface area contributed by atoms with Crippen molar-refractivity contribution >= 4 is 29.1 Å². The Hall–Kier alpha value is -3.49. The molecule has 8 nitrogen and oxygen atoms in total. The van der Waals surface area contributed by atoms with Crippen LogP contribution in [0.15, 0.2) is 54.1 Å². The number of hydroxylamine groups is 2. The molecule has 1 N–H and O–H groups in total.